The summed E-state index contributed by atoms with van der Waals surface area (Å²) in [6.07, 6.45) is 5.15. The topological polar surface area (TPSA) is 64.1 Å². The highest BCUT2D eigenvalue weighted by Crippen LogP contribution is 2.18. The number of thioether (sulfide) groups is 1. The zero-order valence-electron chi connectivity index (χ0n) is 14.2. The maximum absolute atomic E-state index is 12.2. The first-order valence-corrected chi connectivity index (χ1v) is 8.83. The van der Waals surface area contributed by atoms with Crippen molar-refractivity contribution >= 4 is 17.7 Å². The highest BCUT2D eigenvalue weighted by Gasteiger charge is 2.17. The van der Waals surface area contributed by atoms with E-state index in [0.717, 1.165) is 18.6 Å². The molecule has 6 heteroatoms. The zero-order valence-corrected chi connectivity index (χ0v) is 15.0. The molecule has 0 fully saturated rings. The van der Waals surface area contributed by atoms with Gasteiger partial charge in [-0.05, 0) is 50.5 Å². The smallest absolute Gasteiger partial charge is 0.233 e. The average molecular weight is 345 g/mol. The molecule has 0 spiro atoms. The van der Waals surface area contributed by atoms with Crippen molar-refractivity contribution in [2.45, 2.75) is 43.1 Å². The van der Waals surface area contributed by atoms with Crippen LogP contribution in [0.4, 0.5) is 0 Å². The summed E-state index contributed by atoms with van der Waals surface area (Å²) in [5.74, 6) is 0.865. The van der Waals surface area contributed by atoms with Crippen LogP contribution in [0.1, 0.15) is 25.8 Å². The van der Waals surface area contributed by atoms with Gasteiger partial charge in [-0.2, -0.15) is 0 Å². The molecule has 2 atom stereocenters. The Balaban J connectivity index is 1.76. The van der Waals surface area contributed by atoms with E-state index in [-0.39, 0.29) is 17.2 Å². The first kappa shape index (κ1) is 18.3. The molecule has 2 aromatic rings. The van der Waals surface area contributed by atoms with Gasteiger partial charge in [0, 0.05) is 18.4 Å². The molecule has 0 radical (unpaired) electrons. The van der Waals surface area contributed by atoms with Gasteiger partial charge in [0.05, 0.1) is 12.4 Å². The molecule has 0 saturated carbocycles. The number of aromatic nitrogens is 2. The molecule has 1 N–H and O–H groups in total. The van der Waals surface area contributed by atoms with E-state index in [1.807, 2.05) is 26.0 Å². The Morgan fingerprint density at radius 2 is 1.88 bits per heavy atom. The van der Waals surface area contributed by atoms with Crippen molar-refractivity contribution in [1.82, 2.24) is 15.3 Å². The van der Waals surface area contributed by atoms with Crippen LogP contribution in [-0.4, -0.2) is 34.3 Å². The number of carbonyl (C=O) groups is 1. The molecule has 128 valence electrons. The number of benzene rings is 1. The minimum Gasteiger partial charge on any atom is -0.497 e. The van der Waals surface area contributed by atoms with E-state index in [4.69, 9.17) is 4.74 Å². The van der Waals surface area contributed by atoms with E-state index in [1.54, 1.807) is 25.6 Å². The molecule has 1 aromatic heterocycles. The lowest BCUT2D eigenvalue weighted by molar-refractivity contribution is -0.120. The van der Waals surface area contributed by atoms with Gasteiger partial charge < -0.3 is 10.1 Å². The average Bonchev–Trinajstić information content (AvgIpc) is 2.61. The Hall–Kier alpha value is -2.08. The first-order chi connectivity index (χ1) is 11.6. The van der Waals surface area contributed by atoms with Crippen LogP contribution >= 0.6 is 11.8 Å². The summed E-state index contributed by atoms with van der Waals surface area (Å²) in [5.41, 5.74) is 1.23. The van der Waals surface area contributed by atoms with Gasteiger partial charge >= 0.3 is 0 Å². The lowest BCUT2D eigenvalue weighted by atomic mass is 10.1. The second-order valence-corrected chi connectivity index (χ2v) is 6.90. The molecule has 1 aromatic carbocycles. The molecular formula is C18H23N3O2S. The fraction of sp³-hybridized carbons (Fsp3) is 0.389. The SMILES string of the molecule is COc1ccc(CC[C@H](C)NC(=O)[C@@H](C)Sc2ncccn2)cc1. The number of amides is 1. The van der Waals surface area contributed by atoms with E-state index in [9.17, 15) is 4.79 Å². The number of ether oxygens (including phenoxy) is 1. The molecule has 24 heavy (non-hydrogen) atoms. The normalized spacial score (nSPS) is 13.1. The molecular weight excluding hydrogens is 322 g/mol. The monoisotopic (exact) mass is 345 g/mol. The minimum absolute atomic E-state index is 0.00897. The van der Waals surface area contributed by atoms with Crippen LogP contribution in [0, 0.1) is 0 Å². The number of aryl methyl sites for hydroxylation is 1. The molecule has 0 unspecified atom stereocenters. The van der Waals surface area contributed by atoms with Crippen molar-refractivity contribution in [3.63, 3.8) is 0 Å². The van der Waals surface area contributed by atoms with Crippen LogP contribution in [0.2, 0.25) is 0 Å². The third kappa shape index (κ3) is 5.85. The van der Waals surface area contributed by atoms with Crippen LogP contribution in [-0.2, 0) is 11.2 Å². The highest BCUT2D eigenvalue weighted by molar-refractivity contribution is 8.00. The molecule has 0 bridgehead atoms. The van der Waals surface area contributed by atoms with Gasteiger partial charge in [0.2, 0.25) is 5.91 Å². The first-order valence-electron chi connectivity index (χ1n) is 7.95. The standard InChI is InChI=1S/C18H23N3O2S/c1-13(5-6-15-7-9-16(23-3)10-8-15)21-17(22)14(2)24-18-19-11-4-12-20-18/h4,7-14H,5-6H2,1-3H3,(H,21,22)/t13-,14+/m0/s1. The second-order valence-electron chi connectivity index (χ2n) is 5.59. The maximum atomic E-state index is 12.2. The summed E-state index contributed by atoms with van der Waals surface area (Å²) < 4.78 is 5.15. The minimum atomic E-state index is -0.226. The summed E-state index contributed by atoms with van der Waals surface area (Å²) in [6.45, 7) is 3.89. The Bertz CT molecular complexity index is 634. The maximum Gasteiger partial charge on any atom is 0.233 e. The Morgan fingerprint density at radius 3 is 2.50 bits per heavy atom. The van der Waals surface area contributed by atoms with Gasteiger partial charge in [0.25, 0.3) is 0 Å². The van der Waals surface area contributed by atoms with Gasteiger partial charge in [-0.25, -0.2) is 9.97 Å². The van der Waals surface area contributed by atoms with Crippen LogP contribution in [0.3, 0.4) is 0 Å². The number of hydrogen-bond donors (Lipinski definition) is 1. The van der Waals surface area contributed by atoms with Crippen LogP contribution in [0.25, 0.3) is 0 Å². The van der Waals surface area contributed by atoms with Crippen LogP contribution in [0.15, 0.2) is 47.9 Å². The molecule has 1 amide bonds. The number of methoxy groups -OCH3 is 1. The molecule has 0 aliphatic heterocycles. The summed E-state index contributed by atoms with van der Waals surface area (Å²) in [7, 11) is 1.66. The zero-order chi connectivity index (χ0) is 17.4. The van der Waals surface area contributed by atoms with Crippen molar-refractivity contribution in [3.05, 3.63) is 48.3 Å². The second kappa shape index (κ2) is 9.27. The van der Waals surface area contributed by atoms with E-state index in [2.05, 4.69) is 27.4 Å². The number of hydrogen-bond acceptors (Lipinski definition) is 5. The van der Waals surface area contributed by atoms with Gasteiger partial charge in [-0.3, -0.25) is 4.79 Å². The summed E-state index contributed by atoms with van der Waals surface area (Å²) in [4.78, 5) is 20.5. The van der Waals surface area contributed by atoms with E-state index >= 15 is 0 Å². The predicted octanol–water partition coefficient (Wildman–Crippen LogP) is 3.10. The van der Waals surface area contributed by atoms with Gasteiger partial charge in [-0.1, -0.05) is 23.9 Å². The van der Waals surface area contributed by atoms with Gasteiger partial charge in [-0.15, -0.1) is 0 Å². The summed E-state index contributed by atoms with van der Waals surface area (Å²) in [6, 6.07) is 9.89. The van der Waals surface area contributed by atoms with Crippen molar-refractivity contribution in [2.24, 2.45) is 0 Å². The van der Waals surface area contributed by atoms with E-state index < -0.39 is 0 Å². The largest absolute Gasteiger partial charge is 0.497 e. The highest BCUT2D eigenvalue weighted by atomic mass is 32.2. The lowest BCUT2D eigenvalue weighted by Gasteiger charge is -2.17. The van der Waals surface area contributed by atoms with Gasteiger partial charge in [0.1, 0.15) is 5.75 Å². The fourth-order valence-corrected chi connectivity index (χ4v) is 2.90. The third-order valence-corrected chi connectivity index (χ3v) is 4.60. The van der Waals surface area contributed by atoms with E-state index in [1.165, 1.54) is 17.3 Å². The summed E-state index contributed by atoms with van der Waals surface area (Å²) >= 11 is 1.36. The van der Waals surface area contributed by atoms with Crippen LogP contribution in [0.5, 0.6) is 5.75 Å². The predicted molar refractivity (Wildman–Crippen MR) is 96.3 cm³/mol. The number of rotatable bonds is 8. The van der Waals surface area contributed by atoms with Crippen molar-refractivity contribution in [3.8, 4) is 5.75 Å². The fourth-order valence-electron chi connectivity index (χ4n) is 2.17. The molecule has 5 nitrogen and oxygen atoms in total. The Morgan fingerprint density at radius 1 is 1.21 bits per heavy atom. The number of nitrogens with one attached hydrogen (secondary N) is 1. The van der Waals surface area contributed by atoms with Crippen molar-refractivity contribution < 1.29 is 9.53 Å². The quantitative estimate of drug-likeness (QED) is 0.588. The molecule has 0 aliphatic rings. The molecule has 2 rings (SSSR count). The molecule has 1 heterocycles. The number of nitrogens with zero attached hydrogens (tertiary/aromatic N) is 2. The third-order valence-electron chi connectivity index (χ3n) is 3.61. The van der Waals surface area contributed by atoms with Crippen molar-refractivity contribution in [1.29, 1.82) is 0 Å². The van der Waals surface area contributed by atoms with E-state index in [0.29, 0.717) is 5.16 Å². The number of carbonyl (C=O) groups excluding carboxylic acids is 1. The van der Waals surface area contributed by atoms with Crippen molar-refractivity contribution in [2.75, 3.05) is 7.11 Å². The Labute approximate surface area is 147 Å². The van der Waals surface area contributed by atoms with Gasteiger partial charge in [0.15, 0.2) is 5.16 Å². The van der Waals surface area contributed by atoms with Crippen LogP contribution < -0.4 is 10.1 Å². The Kier molecular flexibility index (Phi) is 7.06. The summed E-state index contributed by atoms with van der Waals surface area (Å²) in [5, 5.41) is 3.44. The molecule has 0 aliphatic carbocycles. The lowest BCUT2D eigenvalue weighted by Crippen LogP contribution is -2.37. The molecule has 0 saturated heterocycles.